The predicted molar refractivity (Wildman–Crippen MR) is 83.6 cm³/mol. The van der Waals surface area contributed by atoms with E-state index in [-0.39, 0.29) is 12.6 Å². The Balaban J connectivity index is 2.09. The molecule has 0 saturated carbocycles. The zero-order chi connectivity index (χ0) is 13.8. The maximum absolute atomic E-state index is 9.45. The van der Waals surface area contributed by atoms with Crippen LogP contribution in [0.1, 0.15) is 30.4 Å². The first-order valence-corrected chi connectivity index (χ1v) is 7.29. The van der Waals surface area contributed by atoms with E-state index in [2.05, 4.69) is 30.1 Å². The van der Waals surface area contributed by atoms with Gasteiger partial charge >= 0.3 is 0 Å². The van der Waals surface area contributed by atoms with Gasteiger partial charge < -0.3 is 15.3 Å². The fraction of sp³-hybridized carbons (Fsp3) is 0.533. The van der Waals surface area contributed by atoms with Crippen molar-refractivity contribution in [2.75, 3.05) is 18.5 Å². The molecular weight excluding hydrogens is 256 g/mol. The third-order valence-electron chi connectivity index (χ3n) is 3.94. The Kier molecular flexibility index (Phi) is 4.77. The molecule has 1 heterocycles. The predicted octanol–water partition coefficient (Wildman–Crippen LogP) is 2.85. The van der Waals surface area contributed by atoms with Crippen LogP contribution < -0.4 is 5.32 Å². The number of hydrogen-bond donors (Lipinski definition) is 2. The van der Waals surface area contributed by atoms with E-state index in [0.717, 1.165) is 30.2 Å². The summed E-state index contributed by atoms with van der Waals surface area (Å²) in [5, 5.41) is 13.5. The second kappa shape index (κ2) is 6.35. The number of hydrogen-bond acceptors (Lipinski definition) is 2. The minimum Gasteiger partial charge on any atom is -0.394 e. The Hall–Kier alpha value is -1.13. The Bertz CT molecular complexity index is 461. The summed E-state index contributed by atoms with van der Waals surface area (Å²) < 4.78 is 0. The monoisotopic (exact) mass is 278 g/mol. The Labute approximate surface area is 120 Å². The van der Waals surface area contributed by atoms with Crippen molar-refractivity contribution in [1.29, 1.82) is 0 Å². The third-order valence-corrected chi connectivity index (χ3v) is 4.28. The maximum Gasteiger partial charge on any atom is 0.173 e. The van der Waals surface area contributed by atoms with Crippen molar-refractivity contribution in [1.82, 2.24) is 4.90 Å². The molecule has 1 fully saturated rings. The third kappa shape index (κ3) is 3.25. The van der Waals surface area contributed by atoms with E-state index in [1.54, 1.807) is 0 Å². The van der Waals surface area contributed by atoms with Gasteiger partial charge in [0, 0.05) is 12.2 Å². The summed E-state index contributed by atoms with van der Waals surface area (Å²) in [5.41, 5.74) is 3.54. The summed E-state index contributed by atoms with van der Waals surface area (Å²) in [6, 6.07) is 6.35. The maximum atomic E-state index is 9.45. The fourth-order valence-corrected chi connectivity index (χ4v) is 2.88. The summed E-state index contributed by atoms with van der Waals surface area (Å²) in [4.78, 5) is 2.13. The molecular formula is C15H22N2OS. The molecule has 0 unspecified atom stereocenters. The number of nitrogens with zero attached hydrogens (tertiary/aromatic N) is 1. The van der Waals surface area contributed by atoms with Gasteiger partial charge in [0.1, 0.15) is 0 Å². The van der Waals surface area contributed by atoms with Gasteiger partial charge in [-0.25, -0.2) is 0 Å². The summed E-state index contributed by atoms with van der Waals surface area (Å²) in [6.07, 6.45) is 3.34. The Morgan fingerprint density at radius 1 is 1.42 bits per heavy atom. The molecule has 1 aromatic rings. The van der Waals surface area contributed by atoms with E-state index in [1.807, 2.05) is 12.1 Å². The van der Waals surface area contributed by atoms with Crippen LogP contribution in [0.3, 0.4) is 0 Å². The average molecular weight is 278 g/mol. The molecule has 0 aromatic heterocycles. The minimum atomic E-state index is 0.166. The molecule has 104 valence electrons. The van der Waals surface area contributed by atoms with Crippen molar-refractivity contribution in [2.45, 2.75) is 39.2 Å². The van der Waals surface area contributed by atoms with E-state index in [9.17, 15) is 5.11 Å². The molecule has 0 aliphatic carbocycles. The fourth-order valence-electron chi connectivity index (χ4n) is 2.53. The van der Waals surface area contributed by atoms with Crippen LogP contribution in [-0.2, 0) is 0 Å². The lowest BCUT2D eigenvalue weighted by Gasteiger charge is -2.36. The zero-order valence-electron chi connectivity index (χ0n) is 11.6. The number of piperidine rings is 1. The first-order valence-electron chi connectivity index (χ1n) is 6.88. The largest absolute Gasteiger partial charge is 0.394 e. The van der Waals surface area contributed by atoms with Gasteiger partial charge in [0.2, 0.25) is 0 Å². The van der Waals surface area contributed by atoms with Gasteiger partial charge in [0.05, 0.1) is 12.6 Å². The lowest BCUT2D eigenvalue weighted by atomic mass is 10.0. The highest BCUT2D eigenvalue weighted by molar-refractivity contribution is 7.80. The number of likely N-dealkylation sites (tertiary alicyclic amines) is 1. The van der Waals surface area contributed by atoms with Crippen LogP contribution in [0.25, 0.3) is 0 Å². The first kappa shape index (κ1) is 14.3. The van der Waals surface area contributed by atoms with Crippen LogP contribution in [0.5, 0.6) is 0 Å². The van der Waals surface area contributed by atoms with Crippen LogP contribution in [0.4, 0.5) is 5.69 Å². The Morgan fingerprint density at radius 3 is 2.95 bits per heavy atom. The van der Waals surface area contributed by atoms with E-state index in [4.69, 9.17) is 12.2 Å². The standard InChI is InChI=1S/C15H22N2OS/c1-11-6-5-8-14(12(11)2)16-15(19)17-9-4-3-7-13(17)10-18/h5-6,8,13,18H,3-4,7,9-10H2,1-2H3,(H,16,19)/t13-/m1/s1. The topological polar surface area (TPSA) is 35.5 Å². The molecule has 0 bridgehead atoms. The van der Waals surface area contributed by atoms with Crippen LogP contribution in [0.15, 0.2) is 18.2 Å². The second-order valence-corrected chi connectivity index (χ2v) is 5.59. The van der Waals surface area contributed by atoms with Gasteiger partial charge in [-0.05, 0) is 62.5 Å². The van der Waals surface area contributed by atoms with E-state index in [0.29, 0.717) is 0 Å². The highest BCUT2D eigenvalue weighted by atomic mass is 32.1. The highest BCUT2D eigenvalue weighted by Gasteiger charge is 2.23. The number of nitrogens with one attached hydrogen (secondary N) is 1. The summed E-state index contributed by atoms with van der Waals surface area (Å²) in [6.45, 7) is 5.30. The van der Waals surface area contributed by atoms with Crippen molar-refractivity contribution < 1.29 is 5.11 Å². The molecule has 19 heavy (non-hydrogen) atoms. The zero-order valence-corrected chi connectivity index (χ0v) is 12.5. The van der Waals surface area contributed by atoms with Crippen LogP contribution in [-0.4, -0.2) is 34.3 Å². The highest BCUT2D eigenvalue weighted by Crippen LogP contribution is 2.21. The molecule has 2 rings (SSSR count). The summed E-state index contributed by atoms with van der Waals surface area (Å²) in [7, 11) is 0. The van der Waals surface area contributed by atoms with E-state index in [1.165, 1.54) is 17.5 Å². The van der Waals surface area contributed by atoms with Crippen LogP contribution in [0, 0.1) is 13.8 Å². The van der Waals surface area contributed by atoms with Crippen molar-refractivity contribution in [3.63, 3.8) is 0 Å². The lowest BCUT2D eigenvalue weighted by molar-refractivity contribution is 0.149. The SMILES string of the molecule is Cc1cccc(NC(=S)N2CCCC[C@@H]2CO)c1C. The number of benzene rings is 1. The van der Waals surface area contributed by atoms with Crippen molar-refractivity contribution in [2.24, 2.45) is 0 Å². The van der Waals surface area contributed by atoms with Crippen LogP contribution in [0.2, 0.25) is 0 Å². The van der Waals surface area contributed by atoms with Crippen molar-refractivity contribution in [3.05, 3.63) is 29.3 Å². The number of anilines is 1. The van der Waals surface area contributed by atoms with Gasteiger partial charge in [-0.1, -0.05) is 12.1 Å². The number of thiocarbonyl (C=S) groups is 1. The van der Waals surface area contributed by atoms with E-state index < -0.39 is 0 Å². The van der Waals surface area contributed by atoms with E-state index >= 15 is 0 Å². The summed E-state index contributed by atoms with van der Waals surface area (Å²) in [5.74, 6) is 0. The summed E-state index contributed by atoms with van der Waals surface area (Å²) >= 11 is 5.51. The molecule has 0 radical (unpaired) electrons. The number of aliphatic hydroxyl groups excluding tert-OH is 1. The van der Waals surface area contributed by atoms with Gasteiger partial charge in [-0.3, -0.25) is 0 Å². The van der Waals surface area contributed by atoms with Gasteiger partial charge in [0.25, 0.3) is 0 Å². The first-order chi connectivity index (χ1) is 9.13. The van der Waals surface area contributed by atoms with Crippen molar-refractivity contribution in [3.8, 4) is 0 Å². The molecule has 1 saturated heterocycles. The molecule has 1 aliphatic rings. The van der Waals surface area contributed by atoms with Gasteiger partial charge in [0.15, 0.2) is 5.11 Å². The molecule has 1 aliphatic heterocycles. The van der Waals surface area contributed by atoms with Crippen LogP contribution >= 0.6 is 12.2 Å². The molecule has 4 heteroatoms. The molecule has 3 nitrogen and oxygen atoms in total. The lowest BCUT2D eigenvalue weighted by Crippen LogP contribution is -2.47. The Morgan fingerprint density at radius 2 is 2.21 bits per heavy atom. The minimum absolute atomic E-state index is 0.166. The van der Waals surface area contributed by atoms with Crippen molar-refractivity contribution >= 4 is 23.0 Å². The molecule has 1 atom stereocenters. The molecule has 2 N–H and O–H groups in total. The normalized spacial score (nSPS) is 19.3. The molecule has 0 spiro atoms. The number of aryl methyl sites for hydroxylation is 1. The smallest absolute Gasteiger partial charge is 0.173 e. The quantitative estimate of drug-likeness (QED) is 0.816. The number of rotatable bonds is 2. The average Bonchev–Trinajstić information content (AvgIpc) is 2.43. The second-order valence-electron chi connectivity index (χ2n) is 5.20. The van der Waals surface area contributed by atoms with Gasteiger partial charge in [-0.2, -0.15) is 0 Å². The van der Waals surface area contributed by atoms with Gasteiger partial charge in [-0.15, -0.1) is 0 Å². The molecule has 1 aromatic carbocycles. The number of aliphatic hydroxyl groups is 1. The molecule has 0 amide bonds.